The average molecular weight is 282 g/mol. The fraction of sp³-hybridized carbons (Fsp3) is 0.938. The van der Waals surface area contributed by atoms with Gasteiger partial charge in [-0.2, -0.15) is 0 Å². The van der Waals surface area contributed by atoms with Crippen LogP contribution >= 0.6 is 0 Å². The molecule has 1 aliphatic heterocycles. The number of likely N-dealkylation sites (tertiary alicyclic amines) is 1. The minimum atomic E-state index is -0.0588. The lowest BCUT2D eigenvalue weighted by Gasteiger charge is -2.24. The largest absolute Gasteiger partial charge is 0.381 e. The molecule has 0 radical (unpaired) electrons. The molecule has 2 rings (SSSR count). The molecular formula is C16H30N2O2. The first-order valence-electron chi connectivity index (χ1n) is 8.37. The van der Waals surface area contributed by atoms with Crippen LogP contribution in [0.1, 0.15) is 51.9 Å². The summed E-state index contributed by atoms with van der Waals surface area (Å²) in [6, 6.07) is -0.0588. The minimum absolute atomic E-state index is 0.0588. The van der Waals surface area contributed by atoms with Crippen LogP contribution in [0.15, 0.2) is 0 Å². The lowest BCUT2D eigenvalue weighted by molar-refractivity contribution is -0.133. The number of hydrogen-bond donors (Lipinski definition) is 1. The number of rotatable bonds is 8. The third-order valence-corrected chi connectivity index (χ3v) is 4.25. The van der Waals surface area contributed by atoms with Gasteiger partial charge in [-0.3, -0.25) is 4.79 Å². The van der Waals surface area contributed by atoms with E-state index in [1.807, 2.05) is 11.8 Å². The molecule has 1 heterocycles. The van der Waals surface area contributed by atoms with Gasteiger partial charge in [0.05, 0.1) is 6.04 Å². The molecule has 0 aromatic carbocycles. The van der Waals surface area contributed by atoms with Gasteiger partial charge in [0.25, 0.3) is 0 Å². The number of nitrogens with zero attached hydrogens (tertiary/aromatic N) is 1. The second-order valence-corrected chi connectivity index (χ2v) is 6.29. The van der Waals surface area contributed by atoms with Gasteiger partial charge in [0.2, 0.25) is 5.91 Å². The van der Waals surface area contributed by atoms with Crippen molar-refractivity contribution >= 4 is 5.91 Å². The molecule has 4 heteroatoms. The molecule has 1 N–H and O–H groups in total. The number of amides is 1. The zero-order chi connectivity index (χ0) is 14.2. The second kappa shape index (κ2) is 8.63. The molecule has 0 spiro atoms. The molecule has 1 saturated carbocycles. The van der Waals surface area contributed by atoms with Crippen LogP contribution < -0.4 is 5.32 Å². The van der Waals surface area contributed by atoms with Crippen molar-refractivity contribution < 1.29 is 9.53 Å². The van der Waals surface area contributed by atoms with Gasteiger partial charge in [-0.15, -0.1) is 0 Å². The maximum atomic E-state index is 12.3. The molecule has 0 bridgehead atoms. The Morgan fingerprint density at radius 3 is 2.60 bits per heavy atom. The van der Waals surface area contributed by atoms with E-state index in [0.29, 0.717) is 0 Å². The molecule has 1 aliphatic carbocycles. The van der Waals surface area contributed by atoms with Gasteiger partial charge in [0, 0.05) is 26.3 Å². The van der Waals surface area contributed by atoms with E-state index in [-0.39, 0.29) is 11.9 Å². The van der Waals surface area contributed by atoms with Crippen molar-refractivity contribution in [1.82, 2.24) is 10.2 Å². The van der Waals surface area contributed by atoms with Crippen molar-refractivity contribution in [3.63, 3.8) is 0 Å². The Bertz CT molecular complexity index is 284. The van der Waals surface area contributed by atoms with Gasteiger partial charge in [-0.1, -0.05) is 12.8 Å². The highest BCUT2D eigenvalue weighted by atomic mass is 16.5. The highest BCUT2D eigenvalue weighted by Crippen LogP contribution is 2.28. The van der Waals surface area contributed by atoms with Crippen LogP contribution in [-0.4, -0.2) is 49.7 Å². The zero-order valence-electron chi connectivity index (χ0n) is 12.9. The summed E-state index contributed by atoms with van der Waals surface area (Å²) < 4.78 is 5.60. The summed E-state index contributed by atoms with van der Waals surface area (Å²) >= 11 is 0. The smallest absolute Gasteiger partial charge is 0.239 e. The Labute approximate surface area is 123 Å². The molecular weight excluding hydrogens is 252 g/mol. The van der Waals surface area contributed by atoms with Gasteiger partial charge in [0.1, 0.15) is 0 Å². The van der Waals surface area contributed by atoms with Crippen LogP contribution in [0.2, 0.25) is 0 Å². The van der Waals surface area contributed by atoms with Gasteiger partial charge >= 0.3 is 0 Å². The van der Waals surface area contributed by atoms with Crippen molar-refractivity contribution in [3.05, 3.63) is 0 Å². The summed E-state index contributed by atoms with van der Waals surface area (Å²) in [4.78, 5) is 14.3. The number of carbonyl (C=O) groups is 1. The average Bonchev–Trinajstić information content (AvgIpc) is 3.27. The van der Waals surface area contributed by atoms with E-state index in [1.165, 1.54) is 25.7 Å². The van der Waals surface area contributed by atoms with Gasteiger partial charge in [0.15, 0.2) is 0 Å². The highest BCUT2D eigenvalue weighted by molar-refractivity contribution is 5.81. The number of ether oxygens (including phenoxy) is 1. The lowest BCUT2D eigenvalue weighted by Crippen LogP contribution is -2.45. The van der Waals surface area contributed by atoms with Crippen LogP contribution in [0, 0.1) is 5.92 Å². The van der Waals surface area contributed by atoms with Gasteiger partial charge < -0.3 is 15.0 Å². The molecule has 2 aliphatic rings. The van der Waals surface area contributed by atoms with E-state index in [1.54, 1.807) is 0 Å². The van der Waals surface area contributed by atoms with E-state index in [0.717, 1.165) is 58.0 Å². The molecule has 1 amide bonds. The molecule has 20 heavy (non-hydrogen) atoms. The van der Waals surface area contributed by atoms with Crippen LogP contribution in [0.25, 0.3) is 0 Å². The van der Waals surface area contributed by atoms with Gasteiger partial charge in [-0.05, 0) is 51.5 Å². The predicted octanol–water partition coefficient (Wildman–Crippen LogP) is 2.18. The van der Waals surface area contributed by atoms with Crippen molar-refractivity contribution in [1.29, 1.82) is 0 Å². The Kier molecular flexibility index (Phi) is 6.80. The standard InChI is InChI=1S/C16H30N2O2/c1-14(16(19)18-10-4-2-3-5-11-18)17-9-6-12-20-13-15-7-8-15/h14-15,17H,2-13H2,1H3. The maximum absolute atomic E-state index is 12.3. The summed E-state index contributed by atoms with van der Waals surface area (Å²) in [6.07, 6.45) is 8.54. The van der Waals surface area contributed by atoms with E-state index in [2.05, 4.69) is 5.32 Å². The molecule has 4 nitrogen and oxygen atoms in total. The highest BCUT2D eigenvalue weighted by Gasteiger charge is 2.21. The maximum Gasteiger partial charge on any atom is 0.239 e. The molecule has 1 saturated heterocycles. The van der Waals surface area contributed by atoms with Crippen molar-refractivity contribution in [3.8, 4) is 0 Å². The van der Waals surface area contributed by atoms with E-state index in [9.17, 15) is 4.79 Å². The quantitative estimate of drug-likeness (QED) is 0.694. The Balaban J connectivity index is 1.53. The van der Waals surface area contributed by atoms with Crippen LogP contribution in [0.4, 0.5) is 0 Å². The van der Waals surface area contributed by atoms with Crippen LogP contribution in [0.3, 0.4) is 0 Å². The molecule has 1 unspecified atom stereocenters. The van der Waals surface area contributed by atoms with Crippen LogP contribution in [-0.2, 0) is 9.53 Å². The summed E-state index contributed by atoms with van der Waals surface area (Å²) in [5.41, 5.74) is 0. The first kappa shape index (κ1) is 15.8. The monoisotopic (exact) mass is 282 g/mol. The molecule has 1 atom stereocenters. The number of nitrogens with one attached hydrogen (secondary N) is 1. The fourth-order valence-electron chi connectivity index (χ4n) is 2.68. The summed E-state index contributed by atoms with van der Waals surface area (Å²) in [5, 5.41) is 3.33. The summed E-state index contributed by atoms with van der Waals surface area (Å²) in [6.45, 7) is 6.48. The number of carbonyl (C=O) groups excluding carboxylic acids is 1. The normalized spacial score (nSPS) is 21.6. The van der Waals surface area contributed by atoms with E-state index < -0.39 is 0 Å². The predicted molar refractivity (Wildman–Crippen MR) is 80.7 cm³/mol. The van der Waals surface area contributed by atoms with E-state index in [4.69, 9.17) is 4.74 Å². The second-order valence-electron chi connectivity index (χ2n) is 6.29. The summed E-state index contributed by atoms with van der Waals surface area (Å²) in [7, 11) is 0. The molecule has 116 valence electrons. The Morgan fingerprint density at radius 1 is 1.25 bits per heavy atom. The van der Waals surface area contributed by atoms with Gasteiger partial charge in [-0.25, -0.2) is 0 Å². The van der Waals surface area contributed by atoms with Crippen LogP contribution in [0.5, 0.6) is 0 Å². The first-order valence-corrected chi connectivity index (χ1v) is 8.37. The van der Waals surface area contributed by atoms with E-state index >= 15 is 0 Å². The Hall–Kier alpha value is -0.610. The number of hydrogen-bond acceptors (Lipinski definition) is 3. The van der Waals surface area contributed by atoms with Crippen molar-refractivity contribution in [2.75, 3.05) is 32.8 Å². The summed E-state index contributed by atoms with van der Waals surface area (Å²) in [5.74, 6) is 1.11. The van der Waals surface area contributed by atoms with Crippen molar-refractivity contribution in [2.24, 2.45) is 5.92 Å². The zero-order valence-corrected chi connectivity index (χ0v) is 12.9. The third-order valence-electron chi connectivity index (χ3n) is 4.25. The fourth-order valence-corrected chi connectivity index (χ4v) is 2.68. The third kappa shape index (κ3) is 5.80. The topological polar surface area (TPSA) is 41.6 Å². The molecule has 2 fully saturated rings. The minimum Gasteiger partial charge on any atom is -0.381 e. The van der Waals surface area contributed by atoms with Crippen molar-refractivity contribution in [2.45, 2.75) is 57.9 Å². The Morgan fingerprint density at radius 2 is 1.95 bits per heavy atom. The first-order chi connectivity index (χ1) is 9.77. The lowest BCUT2D eigenvalue weighted by atomic mass is 10.2. The SMILES string of the molecule is CC(NCCCOCC1CC1)C(=O)N1CCCCCC1. The molecule has 0 aromatic rings. The molecule has 0 aromatic heterocycles.